The number of ether oxygens (including phenoxy) is 1. The molecule has 0 saturated heterocycles. The van der Waals surface area contributed by atoms with Crippen molar-refractivity contribution >= 4 is 0 Å². The van der Waals surface area contributed by atoms with Crippen molar-refractivity contribution in [3.63, 3.8) is 0 Å². The van der Waals surface area contributed by atoms with Crippen molar-refractivity contribution in [2.45, 2.75) is 19.4 Å². The maximum atomic E-state index is 5.55. The predicted molar refractivity (Wildman–Crippen MR) is 71.9 cm³/mol. The van der Waals surface area contributed by atoms with E-state index < -0.39 is 0 Å². The van der Waals surface area contributed by atoms with Gasteiger partial charge < -0.3 is 14.5 Å². The van der Waals surface area contributed by atoms with E-state index in [0.717, 1.165) is 17.9 Å². The van der Waals surface area contributed by atoms with Gasteiger partial charge in [0.25, 0.3) is 0 Å². The number of hydrogen-bond acceptors (Lipinski definition) is 3. The number of methoxy groups -OCH3 is 1. The molecule has 2 rings (SSSR count). The molecule has 0 aliphatic heterocycles. The van der Waals surface area contributed by atoms with Crippen molar-refractivity contribution in [2.24, 2.45) is 0 Å². The Bertz CT molecular complexity index is 487. The largest absolute Gasteiger partial charge is 0.497 e. The minimum Gasteiger partial charge on any atom is -0.497 e. The van der Waals surface area contributed by atoms with E-state index in [9.17, 15) is 0 Å². The molecule has 0 amide bonds. The van der Waals surface area contributed by atoms with E-state index in [1.54, 1.807) is 13.4 Å². The minimum atomic E-state index is 0.202. The lowest BCUT2D eigenvalue weighted by molar-refractivity contribution is 0.413. The number of aryl methyl sites for hydroxylation is 1. The summed E-state index contributed by atoms with van der Waals surface area (Å²) in [7, 11) is 3.63. The Hall–Kier alpha value is -1.74. The molecule has 0 spiro atoms. The lowest BCUT2D eigenvalue weighted by atomic mass is 10.0. The van der Waals surface area contributed by atoms with Crippen molar-refractivity contribution in [1.82, 2.24) is 5.32 Å². The third-order valence-corrected chi connectivity index (χ3v) is 3.17. The van der Waals surface area contributed by atoms with E-state index in [0.29, 0.717) is 0 Å². The highest BCUT2D eigenvalue weighted by molar-refractivity contribution is 5.29. The number of benzene rings is 1. The molecule has 0 aliphatic carbocycles. The smallest absolute Gasteiger partial charge is 0.123 e. The van der Waals surface area contributed by atoms with Crippen LogP contribution in [0.5, 0.6) is 5.75 Å². The molecular formula is C15H19NO2. The van der Waals surface area contributed by atoms with Gasteiger partial charge in [0, 0.05) is 0 Å². The summed E-state index contributed by atoms with van der Waals surface area (Å²) in [6, 6.07) is 10.3. The summed E-state index contributed by atoms with van der Waals surface area (Å²) in [5.74, 6) is 1.89. The van der Waals surface area contributed by atoms with E-state index in [2.05, 4.69) is 24.4 Å². The van der Waals surface area contributed by atoms with Crippen LogP contribution in [0.25, 0.3) is 0 Å². The van der Waals surface area contributed by atoms with E-state index in [-0.39, 0.29) is 6.04 Å². The zero-order valence-electron chi connectivity index (χ0n) is 11.1. The van der Waals surface area contributed by atoms with Gasteiger partial charge in [-0.25, -0.2) is 0 Å². The summed E-state index contributed by atoms with van der Waals surface area (Å²) in [6.45, 7) is 2.07. The number of hydrogen-bond donors (Lipinski definition) is 1. The Kier molecular flexibility index (Phi) is 4.05. The molecule has 0 aliphatic rings. The Labute approximate surface area is 108 Å². The van der Waals surface area contributed by atoms with Crippen LogP contribution in [0.1, 0.15) is 22.9 Å². The molecule has 3 heteroatoms. The first-order valence-corrected chi connectivity index (χ1v) is 6.08. The van der Waals surface area contributed by atoms with Crippen LogP contribution in [-0.4, -0.2) is 14.2 Å². The fraction of sp³-hybridized carbons (Fsp3) is 0.333. The van der Waals surface area contributed by atoms with Crippen molar-refractivity contribution < 1.29 is 9.15 Å². The number of rotatable bonds is 5. The zero-order valence-corrected chi connectivity index (χ0v) is 11.1. The van der Waals surface area contributed by atoms with Gasteiger partial charge in [-0.15, -0.1) is 0 Å². The summed E-state index contributed by atoms with van der Waals surface area (Å²) in [5.41, 5.74) is 2.44. The summed E-state index contributed by atoms with van der Waals surface area (Å²) >= 11 is 0. The quantitative estimate of drug-likeness (QED) is 0.879. The van der Waals surface area contributed by atoms with Crippen molar-refractivity contribution in [1.29, 1.82) is 0 Å². The van der Waals surface area contributed by atoms with Gasteiger partial charge in [-0.1, -0.05) is 12.1 Å². The molecule has 1 aromatic heterocycles. The monoisotopic (exact) mass is 245 g/mol. The van der Waals surface area contributed by atoms with Gasteiger partial charge in [0.15, 0.2) is 0 Å². The highest BCUT2D eigenvalue weighted by Crippen LogP contribution is 2.23. The highest BCUT2D eigenvalue weighted by atomic mass is 16.5. The molecule has 1 unspecified atom stereocenters. The van der Waals surface area contributed by atoms with Crippen molar-refractivity contribution in [3.05, 3.63) is 53.5 Å². The van der Waals surface area contributed by atoms with Crippen LogP contribution in [0.2, 0.25) is 0 Å². The van der Waals surface area contributed by atoms with E-state index >= 15 is 0 Å². The van der Waals surface area contributed by atoms with Crippen LogP contribution in [-0.2, 0) is 6.42 Å². The fourth-order valence-corrected chi connectivity index (χ4v) is 2.06. The molecule has 3 nitrogen and oxygen atoms in total. The van der Waals surface area contributed by atoms with E-state index in [1.165, 1.54) is 11.1 Å². The van der Waals surface area contributed by atoms with Gasteiger partial charge in [-0.3, -0.25) is 0 Å². The topological polar surface area (TPSA) is 34.4 Å². The number of likely N-dealkylation sites (N-methyl/N-ethyl adjacent to an activating group) is 1. The maximum Gasteiger partial charge on any atom is 0.123 e. The molecular weight excluding hydrogens is 226 g/mol. The van der Waals surface area contributed by atoms with Crippen LogP contribution in [0, 0.1) is 6.92 Å². The predicted octanol–water partition coefficient (Wildman–Crippen LogP) is 3.10. The second-order valence-corrected chi connectivity index (χ2v) is 4.36. The number of nitrogens with one attached hydrogen (secondary N) is 1. The SMILES string of the molecule is CNC(Cc1ccc(OC)cc1)c1occc1C. The lowest BCUT2D eigenvalue weighted by Crippen LogP contribution is -2.19. The van der Waals surface area contributed by atoms with E-state index in [4.69, 9.17) is 9.15 Å². The Morgan fingerprint density at radius 3 is 2.44 bits per heavy atom. The molecule has 0 bridgehead atoms. The second kappa shape index (κ2) is 5.74. The summed E-state index contributed by atoms with van der Waals surface area (Å²) in [4.78, 5) is 0. The third kappa shape index (κ3) is 2.74. The molecule has 1 heterocycles. The third-order valence-electron chi connectivity index (χ3n) is 3.17. The van der Waals surface area contributed by atoms with Crippen molar-refractivity contribution in [3.8, 4) is 5.75 Å². The molecule has 1 N–H and O–H groups in total. The van der Waals surface area contributed by atoms with Crippen LogP contribution < -0.4 is 10.1 Å². The summed E-state index contributed by atoms with van der Waals surface area (Å²) in [5, 5.41) is 3.30. The molecule has 96 valence electrons. The summed E-state index contributed by atoms with van der Waals surface area (Å²) in [6.07, 6.45) is 2.64. The molecule has 0 radical (unpaired) electrons. The van der Waals surface area contributed by atoms with Gasteiger partial charge in [-0.2, -0.15) is 0 Å². The van der Waals surface area contributed by atoms with Gasteiger partial charge in [-0.05, 0) is 49.7 Å². The molecule has 2 aromatic rings. The zero-order chi connectivity index (χ0) is 13.0. The highest BCUT2D eigenvalue weighted by Gasteiger charge is 2.15. The van der Waals surface area contributed by atoms with Crippen molar-refractivity contribution in [2.75, 3.05) is 14.2 Å². The van der Waals surface area contributed by atoms with Crippen LogP contribution in [0.4, 0.5) is 0 Å². The Morgan fingerprint density at radius 1 is 1.22 bits per heavy atom. The second-order valence-electron chi connectivity index (χ2n) is 4.36. The molecule has 18 heavy (non-hydrogen) atoms. The molecule has 1 atom stereocenters. The van der Waals surface area contributed by atoms with Gasteiger partial charge in [0.2, 0.25) is 0 Å². The Balaban J connectivity index is 2.13. The average molecular weight is 245 g/mol. The number of furan rings is 1. The summed E-state index contributed by atoms with van der Waals surface area (Å²) < 4.78 is 10.7. The van der Waals surface area contributed by atoms with Gasteiger partial charge in [0.05, 0.1) is 19.4 Å². The first-order valence-electron chi connectivity index (χ1n) is 6.08. The lowest BCUT2D eigenvalue weighted by Gasteiger charge is -2.15. The standard InChI is InChI=1S/C15H19NO2/c1-11-8-9-18-15(11)14(16-2)10-12-4-6-13(17-3)7-5-12/h4-9,14,16H,10H2,1-3H3. The van der Waals surface area contributed by atoms with Gasteiger partial charge in [0.1, 0.15) is 11.5 Å². The van der Waals surface area contributed by atoms with Crippen LogP contribution in [0.3, 0.4) is 0 Å². The normalized spacial score (nSPS) is 12.4. The van der Waals surface area contributed by atoms with Gasteiger partial charge >= 0.3 is 0 Å². The maximum absolute atomic E-state index is 5.55. The van der Waals surface area contributed by atoms with Crippen LogP contribution in [0.15, 0.2) is 41.0 Å². The first-order chi connectivity index (χ1) is 8.74. The van der Waals surface area contributed by atoms with E-state index in [1.807, 2.05) is 25.2 Å². The molecule has 0 saturated carbocycles. The first kappa shape index (κ1) is 12.7. The Morgan fingerprint density at radius 2 is 1.94 bits per heavy atom. The fourth-order valence-electron chi connectivity index (χ4n) is 2.06. The average Bonchev–Trinajstić information content (AvgIpc) is 2.83. The molecule has 0 fully saturated rings. The van der Waals surface area contributed by atoms with Crippen LogP contribution >= 0.6 is 0 Å². The molecule has 1 aromatic carbocycles. The minimum absolute atomic E-state index is 0.202.